The van der Waals surface area contributed by atoms with Crippen molar-refractivity contribution in [3.05, 3.63) is 72.8 Å². The minimum absolute atomic E-state index is 1.00. The van der Waals surface area contributed by atoms with Crippen molar-refractivity contribution in [2.45, 2.75) is 0 Å². The molecule has 1 nitrogen and oxygen atoms in total. The number of hydrogen-bond acceptors (Lipinski definition) is 1. The molecule has 0 saturated heterocycles. The fourth-order valence-corrected chi connectivity index (χ4v) is 2.02. The van der Waals surface area contributed by atoms with Gasteiger partial charge in [-0.25, -0.2) is 4.98 Å². The molecule has 0 atom stereocenters. The van der Waals surface area contributed by atoms with Gasteiger partial charge in [-0.15, -0.1) is 0 Å². The fraction of sp³-hybridized carbons (Fsp3) is 0. The van der Waals surface area contributed by atoms with Crippen LogP contribution in [0.15, 0.2) is 67.2 Å². The summed E-state index contributed by atoms with van der Waals surface area (Å²) in [6.45, 7) is 3.76. The number of fused-ring (bicyclic) bond motifs is 1. The molecule has 0 unspecified atom stereocenters. The normalized spacial score (nSPS) is 10.4. The van der Waals surface area contributed by atoms with Gasteiger partial charge < -0.3 is 0 Å². The largest absolute Gasteiger partial charge is 0.248 e. The number of para-hydroxylation sites is 1. The molecule has 0 fully saturated rings. The highest BCUT2D eigenvalue weighted by molar-refractivity contribution is 5.81. The number of nitrogens with zero attached hydrogens (tertiary/aromatic N) is 1. The van der Waals surface area contributed by atoms with Gasteiger partial charge in [0.05, 0.1) is 11.2 Å². The summed E-state index contributed by atoms with van der Waals surface area (Å²) in [5.41, 5.74) is 4.29. The number of hydrogen-bond donors (Lipinski definition) is 0. The molecule has 0 bridgehead atoms. The Morgan fingerprint density at radius 2 is 1.61 bits per heavy atom. The molecule has 18 heavy (non-hydrogen) atoms. The first kappa shape index (κ1) is 10.7. The van der Waals surface area contributed by atoms with E-state index in [-0.39, 0.29) is 0 Å². The smallest absolute Gasteiger partial charge is 0.0709 e. The highest BCUT2D eigenvalue weighted by Crippen LogP contribution is 2.21. The Kier molecular flexibility index (Phi) is 2.66. The zero-order valence-electron chi connectivity index (χ0n) is 10.0. The summed E-state index contributed by atoms with van der Waals surface area (Å²) >= 11 is 0. The summed E-state index contributed by atoms with van der Waals surface area (Å²) in [6, 6.07) is 20.6. The van der Waals surface area contributed by atoms with Gasteiger partial charge in [0, 0.05) is 10.9 Å². The molecule has 0 saturated carbocycles. The zero-order chi connectivity index (χ0) is 12.4. The van der Waals surface area contributed by atoms with E-state index < -0.39 is 0 Å². The van der Waals surface area contributed by atoms with E-state index in [1.54, 1.807) is 0 Å². The van der Waals surface area contributed by atoms with Crippen molar-refractivity contribution in [2.24, 2.45) is 0 Å². The van der Waals surface area contributed by atoms with Gasteiger partial charge in [0.15, 0.2) is 0 Å². The van der Waals surface area contributed by atoms with E-state index in [4.69, 9.17) is 0 Å². The fourth-order valence-electron chi connectivity index (χ4n) is 2.02. The van der Waals surface area contributed by atoms with Crippen LogP contribution >= 0.6 is 0 Å². The molecular formula is C17H13N. The average molecular weight is 231 g/mol. The molecule has 0 aliphatic rings. The van der Waals surface area contributed by atoms with Crippen molar-refractivity contribution >= 4 is 17.0 Å². The molecule has 0 aliphatic heterocycles. The van der Waals surface area contributed by atoms with Crippen LogP contribution in [0.25, 0.3) is 28.2 Å². The van der Waals surface area contributed by atoms with E-state index in [1.807, 2.05) is 24.3 Å². The van der Waals surface area contributed by atoms with Crippen LogP contribution in [0.5, 0.6) is 0 Å². The van der Waals surface area contributed by atoms with Crippen molar-refractivity contribution in [1.29, 1.82) is 0 Å². The van der Waals surface area contributed by atoms with Gasteiger partial charge >= 0.3 is 0 Å². The molecule has 0 spiro atoms. The van der Waals surface area contributed by atoms with Crippen molar-refractivity contribution in [3.8, 4) is 11.3 Å². The monoisotopic (exact) mass is 231 g/mol. The van der Waals surface area contributed by atoms with E-state index in [0.717, 1.165) is 22.3 Å². The van der Waals surface area contributed by atoms with Gasteiger partial charge in [-0.3, -0.25) is 0 Å². The lowest BCUT2D eigenvalue weighted by Gasteiger charge is -2.03. The molecule has 1 aromatic heterocycles. The lowest BCUT2D eigenvalue weighted by molar-refractivity contribution is 1.40. The van der Waals surface area contributed by atoms with Crippen LogP contribution < -0.4 is 0 Å². The number of aromatic nitrogens is 1. The van der Waals surface area contributed by atoms with Crippen LogP contribution in [-0.2, 0) is 0 Å². The predicted molar refractivity (Wildman–Crippen MR) is 77.3 cm³/mol. The summed E-state index contributed by atoms with van der Waals surface area (Å²) in [4.78, 5) is 4.68. The molecule has 0 N–H and O–H groups in total. The van der Waals surface area contributed by atoms with Gasteiger partial charge in [-0.05, 0) is 17.7 Å². The first-order valence-electron chi connectivity index (χ1n) is 5.95. The van der Waals surface area contributed by atoms with Crippen LogP contribution in [0.1, 0.15) is 5.56 Å². The van der Waals surface area contributed by atoms with Crippen LogP contribution in [0, 0.1) is 0 Å². The number of benzene rings is 2. The van der Waals surface area contributed by atoms with Crippen molar-refractivity contribution < 1.29 is 0 Å². The second-order valence-electron chi connectivity index (χ2n) is 4.22. The third kappa shape index (κ3) is 1.91. The number of pyridine rings is 1. The van der Waals surface area contributed by atoms with E-state index in [9.17, 15) is 0 Å². The van der Waals surface area contributed by atoms with Crippen molar-refractivity contribution in [1.82, 2.24) is 4.98 Å². The standard InChI is InChI=1S/C17H13N/c1-2-13-7-9-15(10-8-13)17-12-11-14-5-3-4-6-16(14)18-17/h2-12H,1H2. The Labute approximate surface area is 106 Å². The molecule has 3 aromatic rings. The van der Waals surface area contributed by atoms with Gasteiger partial charge in [-0.2, -0.15) is 0 Å². The lowest BCUT2D eigenvalue weighted by atomic mass is 10.1. The molecular weight excluding hydrogens is 218 g/mol. The quantitative estimate of drug-likeness (QED) is 0.630. The Morgan fingerprint density at radius 1 is 0.833 bits per heavy atom. The van der Waals surface area contributed by atoms with E-state index in [1.165, 1.54) is 5.39 Å². The summed E-state index contributed by atoms with van der Waals surface area (Å²) in [6.07, 6.45) is 1.84. The predicted octanol–water partition coefficient (Wildman–Crippen LogP) is 4.54. The Balaban J connectivity index is 2.10. The van der Waals surface area contributed by atoms with Crippen LogP contribution in [0.4, 0.5) is 0 Å². The SMILES string of the molecule is C=Cc1ccc(-c2ccc3ccccc3n2)cc1. The molecule has 0 amide bonds. The van der Waals surface area contributed by atoms with Gasteiger partial charge in [0.1, 0.15) is 0 Å². The molecule has 0 aliphatic carbocycles. The minimum Gasteiger partial charge on any atom is -0.248 e. The minimum atomic E-state index is 1.00. The molecule has 1 heterocycles. The second kappa shape index (κ2) is 4.46. The van der Waals surface area contributed by atoms with E-state index in [0.29, 0.717) is 0 Å². The van der Waals surface area contributed by atoms with Crippen molar-refractivity contribution in [2.75, 3.05) is 0 Å². The number of rotatable bonds is 2. The molecule has 1 heteroatoms. The maximum absolute atomic E-state index is 4.68. The van der Waals surface area contributed by atoms with Gasteiger partial charge in [-0.1, -0.05) is 61.2 Å². The highest BCUT2D eigenvalue weighted by Gasteiger charge is 2.00. The topological polar surface area (TPSA) is 12.9 Å². The summed E-state index contributed by atoms with van der Waals surface area (Å²) in [5, 5.41) is 1.17. The summed E-state index contributed by atoms with van der Waals surface area (Å²) in [7, 11) is 0. The van der Waals surface area contributed by atoms with Crippen LogP contribution in [0.2, 0.25) is 0 Å². The zero-order valence-corrected chi connectivity index (χ0v) is 10.0. The molecule has 0 radical (unpaired) electrons. The first-order valence-corrected chi connectivity index (χ1v) is 5.95. The van der Waals surface area contributed by atoms with Crippen LogP contribution in [0.3, 0.4) is 0 Å². The molecule has 2 aromatic carbocycles. The third-order valence-electron chi connectivity index (χ3n) is 3.04. The first-order chi connectivity index (χ1) is 8.86. The third-order valence-corrected chi connectivity index (χ3v) is 3.04. The Hall–Kier alpha value is -2.41. The van der Waals surface area contributed by atoms with E-state index in [2.05, 4.69) is 54.0 Å². The highest BCUT2D eigenvalue weighted by atomic mass is 14.7. The van der Waals surface area contributed by atoms with E-state index >= 15 is 0 Å². The lowest BCUT2D eigenvalue weighted by Crippen LogP contribution is -1.85. The maximum Gasteiger partial charge on any atom is 0.0709 e. The maximum atomic E-state index is 4.68. The average Bonchev–Trinajstić information content (AvgIpc) is 2.47. The Bertz CT molecular complexity index is 696. The Morgan fingerprint density at radius 3 is 2.39 bits per heavy atom. The van der Waals surface area contributed by atoms with Crippen molar-refractivity contribution in [3.63, 3.8) is 0 Å². The summed E-state index contributed by atoms with van der Waals surface area (Å²) < 4.78 is 0. The van der Waals surface area contributed by atoms with Gasteiger partial charge in [0.25, 0.3) is 0 Å². The van der Waals surface area contributed by atoms with Gasteiger partial charge in [0.2, 0.25) is 0 Å². The molecule has 3 rings (SSSR count). The molecule has 86 valence electrons. The second-order valence-corrected chi connectivity index (χ2v) is 4.22. The summed E-state index contributed by atoms with van der Waals surface area (Å²) in [5.74, 6) is 0. The van der Waals surface area contributed by atoms with Crippen LogP contribution in [-0.4, -0.2) is 4.98 Å².